The molecular formula is C14H24N2O4. The zero-order chi connectivity index (χ0) is 14.9. The fraction of sp³-hybridized carbons (Fsp3) is 0.857. The van der Waals surface area contributed by atoms with Gasteiger partial charge in [-0.05, 0) is 32.6 Å². The second-order valence-corrected chi connectivity index (χ2v) is 6.57. The van der Waals surface area contributed by atoms with Gasteiger partial charge >= 0.3 is 12.0 Å². The fourth-order valence-corrected chi connectivity index (χ4v) is 3.08. The van der Waals surface area contributed by atoms with E-state index in [-0.39, 0.29) is 23.6 Å². The number of urea groups is 1. The number of aliphatic carboxylic acids is 1. The predicted molar refractivity (Wildman–Crippen MR) is 73.4 cm³/mol. The largest absolute Gasteiger partial charge is 0.481 e. The lowest BCUT2D eigenvalue weighted by Gasteiger charge is -2.36. The van der Waals surface area contributed by atoms with Crippen LogP contribution in [0.3, 0.4) is 0 Å². The van der Waals surface area contributed by atoms with Crippen molar-refractivity contribution < 1.29 is 19.4 Å². The number of ether oxygens (including phenoxy) is 1. The van der Waals surface area contributed by atoms with Crippen molar-refractivity contribution in [3.63, 3.8) is 0 Å². The van der Waals surface area contributed by atoms with Crippen molar-refractivity contribution in [2.45, 2.75) is 45.3 Å². The number of rotatable bonds is 2. The molecule has 0 saturated carbocycles. The quantitative estimate of drug-likeness (QED) is 0.801. The Bertz CT molecular complexity index is 397. The van der Waals surface area contributed by atoms with Crippen molar-refractivity contribution in [1.82, 2.24) is 10.2 Å². The lowest BCUT2D eigenvalue weighted by Crippen LogP contribution is -2.49. The highest BCUT2D eigenvalue weighted by atomic mass is 16.5. The summed E-state index contributed by atoms with van der Waals surface area (Å²) < 4.78 is 5.63. The Hall–Kier alpha value is -1.30. The van der Waals surface area contributed by atoms with Crippen LogP contribution in [0.5, 0.6) is 0 Å². The molecule has 0 spiro atoms. The highest BCUT2D eigenvalue weighted by Crippen LogP contribution is 2.26. The van der Waals surface area contributed by atoms with Gasteiger partial charge in [0.25, 0.3) is 0 Å². The zero-order valence-corrected chi connectivity index (χ0v) is 12.4. The Morgan fingerprint density at radius 3 is 2.60 bits per heavy atom. The first-order valence-corrected chi connectivity index (χ1v) is 7.21. The van der Waals surface area contributed by atoms with Gasteiger partial charge in [-0.2, -0.15) is 0 Å². The molecule has 6 nitrogen and oxygen atoms in total. The second-order valence-electron chi connectivity index (χ2n) is 6.57. The first kappa shape index (κ1) is 15.1. The number of carbonyl (C=O) groups is 2. The number of hydrogen-bond donors (Lipinski definition) is 2. The summed E-state index contributed by atoms with van der Waals surface area (Å²) in [5.41, 5.74) is -0.210. The van der Waals surface area contributed by atoms with E-state index in [1.54, 1.807) is 4.90 Å². The molecule has 0 aromatic carbocycles. The van der Waals surface area contributed by atoms with E-state index in [1.165, 1.54) is 0 Å². The van der Waals surface area contributed by atoms with Crippen molar-refractivity contribution in [3.8, 4) is 0 Å². The van der Waals surface area contributed by atoms with Crippen LogP contribution in [0.4, 0.5) is 4.79 Å². The van der Waals surface area contributed by atoms with Crippen molar-refractivity contribution in [2.24, 2.45) is 11.8 Å². The average Bonchev–Trinajstić information content (AvgIpc) is 2.70. The van der Waals surface area contributed by atoms with Crippen LogP contribution in [0.1, 0.15) is 33.6 Å². The predicted octanol–water partition coefficient (Wildman–Crippen LogP) is 1.31. The summed E-state index contributed by atoms with van der Waals surface area (Å²) in [5.74, 6) is -1.27. The molecule has 0 aromatic rings. The summed E-state index contributed by atoms with van der Waals surface area (Å²) in [5, 5.41) is 12.1. The van der Waals surface area contributed by atoms with Crippen LogP contribution in [0.25, 0.3) is 0 Å². The number of likely N-dealkylation sites (tertiary alicyclic amines) is 1. The molecule has 2 rings (SSSR count). The van der Waals surface area contributed by atoms with E-state index in [0.29, 0.717) is 19.7 Å². The summed E-state index contributed by atoms with van der Waals surface area (Å²) in [6.45, 7) is 7.37. The molecule has 2 saturated heterocycles. The molecule has 0 aliphatic carbocycles. The first-order chi connectivity index (χ1) is 9.28. The van der Waals surface area contributed by atoms with E-state index in [9.17, 15) is 9.59 Å². The first-order valence-electron chi connectivity index (χ1n) is 7.21. The smallest absolute Gasteiger partial charge is 0.317 e. The molecule has 2 aliphatic heterocycles. The highest BCUT2D eigenvalue weighted by molar-refractivity contribution is 5.77. The number of carbonyl (C=O) groups excluding carboxylic acids is 1. The molecule has 3 atom stereocenters. The van der Waals surface area contributed by atoms with E-state index in [0.717, 1.165) is 12.8 Å². The van der Waals surface area contributed by atoms with E-state index in [1.807, 2.05) is 20.8 Å². The molecule has 2 aliphatic rings. The third-order valence-electron chi connectivity index (χ3n) is 4.24. The van der Waals surface area contributed by atoms with E-state index < -0.39 is 11.9 Å². The maximum absolute atomic E-state index is 12.2. The Labute approximate surface area is 119 Å². The van der Waals surface area contributed by atoms with Crippen molar-refractivity contribution in [3.05, 3.63) is 0 Å². The minimum absolute atomic E-state index is 0.00406. The maximum Gasteiger partial charge on any atom is 0.317 e. The van der Waals surface area contributed by atoms with E-state index in [2.05, 4.69) is 5.32 Å². The third kappa shape index (κ3) is 3.42. The van der Waals surface area contributed by atoms with Crippen LogP contribution in [0.2, 0.25) is 0 Å². The topological polar surface area (TPSA) is 78.9 Å². The van der Waals surface area contributed by atoms with Crippen LogP contribution in [-0.4, -0.2) is 53.3 Å². The van der Waals surface area contributed by atoms with Crippen LogP contribution < -0.4 is 5.32 Å². The van der Waals surface area contributed by atoms with Crippen molar-refractivity contribution >= 4 is 12.0 Å². The SMILES string of the molecule is CC1CN(C(=O)NC2CCOC(C)(C)C2)CC1C(=O)O. The molecule has 2 N–H and O–H groups in total. The Balaban J connectivity index is 1.88. The van der Waals surface area contributed by atoms with Gasteiger partial charge in [-0.15, -0.1) is 0 Å². The molecule has 0 aromatic heterocycles. The number of amides is 2. The Morgan fingerprint density at radius 1 is 1.35 bits per heavy atom. The molecule has 20 heavy (non-hydrogen) atoms. The standard InChI is InChI=1S/C14H24N2O4/c1-9-7-16(8-11(9)12(17)18)13(19)15-10-4-5-20-14(2,3)6-10/h9-11H,4-8H2,1-3H3,(H,15,19)(H,17,18). The lowest BCUT2D eigenvalue weighted by molar-refractivity contribution is -0.142. The van der Waals surface area contributed by atoms with E-state index >= 15 is 0 Å². The van der Waals surface area contributed by atoms with Gasteiger partial charge in [-0.1, -0.05) is 6.92 Å². The third-order valence-corrected chi connectivity index (χ3v) is 4.24. The molecular weight excluding hydrogens is 260 g/mol. The number of hydrogen-bond acceptors (Lipinski definition) is 3. The maximum atomic E-state index is 12.2. The zero-order valence-electron chi connectivity index (χ0n) is 12.4. The second kappa shape index (κ2) is 5.60. The van der Waals surface area contributed by atoms with E-state index in [4.69, 9.17) is 9.84 Å². The van der Waals surface area contributed by atoms with Gasteiger partial charge in [-0.3, -0.25) is 4.79 Å². The summed E-state index contributed by atoms with van der Waals surface area (Å²) in [7, 11) is 0. The lowest BCUT2D eigenvalue weighted by atomic mass is 9.94. The summed E-state index contributed by atoms with van der Waals surface area (Å²) in [6.07, 6.45) is 1.59. The van der Waals surface area contributed by atoms with Gasteiger partial charge < -0.3 is 20.1 Å². The number of carboxylic acids is 1. The number of carboxylic acid groups (broad SMARTS) is 1. The van der Waals surface area contributed by atoms with Gasteiger partial charge in [0.2, 0.25) is 0 Å². The molecule has 114 valence electrons. The van der Waals surface area contributed by atoms with Crippen molar-refractivity contribution in [1.29, 1.82) is 0 Å². The van der Waals surface area contributed by atoms with Crippen LogP contribution in [-0.2, 0) is 9.53 Å². The molecule has 2 amide bonds. The van der Waals surface area contributed by atoms with Gasteiger partial charge in [0.05, 0.1) is 11.5 Å². The van der Waals surface area contributed by atoms with Crippen molar-refractivity contribution in [2.75, 3.05) is 19.7 Å². The summed E-state index contributed by atoms with van der Waals surface area (Å²) in [4.78, 5) is 24.9. The van der Waals surface area contributed by atoms with Crippen LogP contribution in [0.15, 0.2) is 0 Å². The Morgan fingerprint density at radius 2 is 2.05 bits per heavy atom. The van der Waals surface area contributed by atoms with Crippen LogP contribution >= 0.6 is 0 Å². The summed E-state index contributed by atoms with van der Waals surface area (Å²) in [6, 6.07) is -0.0475. The minimum Gasteiger partial charge on any atom is -0.481 e. The minimum atomic E-state index is -0.819. The van der Waals surface area contributed by atoms with Gasteiger partial charge in [0.15, 0.2) is 0 Å². The summed E-state index contributed by atoms with van der Waals surface area (Å²) >= 11 is 0. The molecule has 2 fully saturated rings. The monoisotopic (exact) mass is 284 g/mol. The molecule has 2 heterocycles. The molecule has 3 unspecified atom stereocenters. The van der Waals surface area contributed by atoms with Gasteiger partial charge in [-0.25, -0.2) is 4.79 Å². The molecule has 0 bridgehead atoms. The van der Waals surface area contributed by atoms with Gasteiger partial charge in [0.1, 0.15) is 0 Å². The van der Waals surface area contributed by atoms with Gasteiger partial charge in [0, 0.05) is 25.7 Å². The van der Waals surface area contributed by atoms with Crippen LogP contribution in [0, 0.1) is 11.8 Å². The fourth-order valence-electron chi connectivity index (χ4n) is 3.08. The number of nitrogens with one attached hydrogen (secondary N) is 1. The molecule has 6 heteroatoms. The number of nitrogens with zero attached hydrogens (tertiary/aromatic N) is 1. The normalized spacial score (nSPS) is 33.0. The average molecular weight is 284 g/mol. The molecule has 0 radical (unpaired) electrons. The Kier molecular flexibility index (Phi) is 4.22. The highest BCUT2D eigenvalue weighted by Gasteiger charge is 2.38.